The zero-order valence-electron chi connectivity index (χ0n) is 9.29. The third-order valence-electron chi connectivity index (χ3n) is 2.68. The van der Waals surface area contributed by atoms with Gasteiger partial charge in [0.25, 0.3) is 0 Å². The number of ether oxygens (including phenoxy) is 2. The summed E-state index contributed by atoms with van der Waals surface area (Å²) < 4.78 is 10.5. The molecule has 3 rings (SSSR count). The van der Waals surface area contributed by atoms with Crippen molar-refractivity contribution in [2.75, 3.05) is 6.79 Å². The average Bonchev–Trinajstić information content (AvgIpc) is 2.86. The molecule has 0 atom stereocenters. The quantitative estimate of drug-likeness (QED) is 0.875. The van der Waals surface area contributed by atoms with Crippen molar-refractivity contribution in [3.63, 3.8) is 0 Å². The minimum absolute atomic E-state index is 0.166. The molecule has 0 saturated carbocycles. The number of carbonyl (C=O) groups is 1. The Bertz CT molecular complexity index is 607. The van der Waals surface area contributed by atoms with E-state index in [1.54, 1.807) is 6.07 Å². The summed E-state index contributed by atoms with van der Waals surface area (Å²) in [5.74, 6) is 0.400. The topological polar surface area (TPSA) is 68.7 Å². The molecule has 0 radical (unpaired) electrons. The molecule has 0 bridgehead atoms. The van der Waals surface area contributed by atoms with Gasteiger partial charge in [0.15, 0.2) is 11.5 Å². The summed E-state index contributed by atoms with van der Waals surface area (Å²) in [7, 11) is 0. The number of hydrogen-bond acceptors (Lipinski definition) is 4. The molecule has 0 aliphatic carbocycles. The first-order valence-corrected chi connectivity index (χ1v) is 5.33. The Balaban J connectivity index is 1.97. The number of nitrogens with zero attached hydrogens (tertiary/aromatic N) is 1. The summed E-state index contributed by atoms with van der Waals surface area (Å²) in [6.07, 6.45) is 1.34. The van der Waals surface area contributed by atoms with Crippen molar-refractivity contribution < 1.29 is 19.4 Å². The van der Waals surface area contributed by atoms with Crippen LogP contribution in [0.5, 0.6) is 11.5 Å². The Labute approximate surface area is 103 Å². The molecular formula is C13H9NO4. The van der Waals surface area contributed by atoms with Gasteiger partial charge in [-0.25, -0.2) is 4.79 Å². The summed E-state index contributed by atoms with van der Waals surface area (Å²) in [5.41, 5.74) is 1.72. The van der Waals surface area contributed by atoms with E-state index < -0.39 is 5.97 Å². The standard InChI is InChI=1S/C13H9NO4/c15-13(16)9-1-3-10(14-6-9)8-2-4-11-12(5-8)18-7-17-11/h1-6H,7H2,(H,15,16). The summed E-state index contributed by atoms with van der Waals surface area (Å²) in [5, 5.41) is 8.80. The number of pyridine rings is 1. The lowest BCUT2D eigenvalue weighted by molar-refractivity contribution is 0.0696. The highest BCUT2D eigenvalue weighted by molar-refractivity contribution is 5.87. The molecule has 0 spiro atoms. The van der Waals surface area contributed by atoms with E-state index in [1.165, 1.54) is 12.3 Å². The number of aromatic carboxylic acids is 1. The smallest absolute Gasteiger partial charge is 0.337 e. The van der Waals surface area contributed by atoms with E-state index in [0.717, 1.165) is 5.56 Å². The zero-order chi connectivity index (χ0) is 12.5. The second-order valence-corrected chi connectivity index (χ2v) is 3.81. The Morgan fingerprint density at radius 2 is 2.00 bits per heavy atom. The van der Waals surface area contributed by atoms with Crippen LogP contribution in [0.2, 0.25) is 0 Å². The van der Waals surface area contributed by atoms with Gasteiger partial charge >= 0.3 is 5.97 Å². The molecule has 2 aromatic rings. The number of aromatic nitrogens is 1. The molecule has 90 valence electrons. The Kier molecular flexibility index (Phi) is 2.37. The summed E-state index contributed by atoms with van der Waals surface area (Å²) >= 11 is 0. The van der Waals surface area contributed by atoms with Crippen molar-refractivity contribution >= 4 is 5.97 Å². The molecule has 1 aliphatic heterocycles. The van der Waals surface area contributed by atoms with Crippen LogP contribution in [-0.4, -0.2) is 22.9 Å². The molecular weight excluding hydrogens is 234 g/mol. The van der Waals surface area contributed by atoms with Gasteiger partial charge in [0, 0.05) is 11.8 Å². The Hall–Kier alpha value is -2.56. The largest absolute Gasteiger partial charge is 0.478 e. The van der Waals surface area contributed by atoms with Gasteiger partial charge in [-0.3, -0.25) is 4.98 Å². The molecule has 1 aromatic carbocycles. The molecule has 5 nitrogen and oxygen atoms in total. The Morgan fingerprint density at radius 3 is 2.72 bits per heavy atom. The van der Waals surface area contributed by atoms with Crippen molar-refractivity contribution in [1.29, 1.82) is 0 Å². The van der Waals surface area contributed by atoms with Crippen LogP contribution in [-0.2, 0) is 0 Å². The van der Waals surface area contributed by atoms with Crippen molar-refractivity contribution in [1.82, 2.24) is 4.98 Å². The van der Waals surface area contributed by atoms with E-state index in [2.05, 4.69) is 4.98 Å². The third kappa shape index (κ3) is 1.75. The number of benzene rings is 1. The van der Waals surface area contributed by atoms with Gasteiger partial charge < -0.3 is 14.6 Å². The van der Waals surface area contributed by atoms with E-state index in [1.807, 2.05) is 18.2 Å². The van der Waals surface area contributed by atoms with Crippen LogP contribution in [0.25, 0.3) is 11.3 Å². The van der Waals surface area contributed by atoms with Gasteiger partial charge in [-0.15, -0.1) is 0 Å². The van der Waals surface area contributed by atoms with Crippen LogP contribution >= 0.6 is 0 Å². The van der Waals surface area contributed by atoms with Gasteiger partial charge in [-0.05, 0) is 30.3 Å². The van der Waals surface area contributed by atoms with Gasteiger partial charge in [0.2, 0.25) is 6.79 Å². The fourth-order valence-electron chi connectivity index (χ4n) is 1.75. The SMILES string of the molecule is O=C(O)c1ccc(-c2ccc3c(c2)OCO3)nc1. The lowest BCUT2D eigenvalue weighted by Gasteiger charge is -2.03. The molecule has 0 fully saturated rings. The lowest BCUT2D eigenvalue weighted by Crippen LogP contribution is -1.97. The normalized spacial score (nSPS) is 12.4. The maximum Gasteiger partial charge on any atom is 0.337 e. The number of hydrogen-bond donors (Lipinski definition) is 1. The molecule has 18 heavy (non-hydrogen) atoms. The predicted octanol–water partition coefficient (Wildman–Crippen LogP) is 2.18. The lowest BCUT2D eigenvalue weighted by atomic mass is 10.1. The fraction of sp³-hybridized carbons (Fsp3) is 0.0769. The zero-order valence-corrected chi connectivity index (χ0v) is 9.29. The maximum atomic E-state index is 10.7. The van der Waals surface area contributed by atoms with Gasteiger partial charge in [-0.2, -0.15) is 0 Å². The minimum atomic E-state index is -0.986. The van der Waals surface area contributed by atoms with Crippen LogP contribution in [0.15, 0.2) is 36.5 Å². The molecule has 1 N–H and O–H groups in total. The number of rotatable bonds is 2. The summed E-state index contributed by atoms with van der Waals surface area (Å²) in [6.45, 7) is 0.226. The van der Waals surface area contributed by atoms with Crippen molar-refractivity contribution in [3.8, 4) is 22.8 Å². The van der Waals surface area contributed by atoms with Crippen LogP contribution < -0.4 is 9.47 Å². The molecule has 2 heterocycles. The summed E-state index contributed by atoms with van der Waals surface area (Å²) in [4.78, 5) is 14.8. The molecule has 1 aliphatic rings. The summed E-state index contributed by atoms with van der Waals surface area (Å²) in [6, 6.07) is 8.68. The maximum absolute atomic E-state index is 10.7. The van der Waals surface area contributed by atoms with Crippen molar-refractivity contribution in [2.24, 2.45) is 0 Å². The van der Waals surface area contributed by atoms with Crippen molar-refractivity contribution in [2.45, 2.75) is 0 Å². The van der Waals surface area contributed by atoms with Crippen LogP contribution in [0, 0.1) is 0 Å². The van der Waals surface area contributed by atoms with E-state index in [9.17, 15) is 4.79 Å². The van der Waals surface area contributed by atoms with E-state index in [-0.39, 0.29) is 12.4 Å². The molecule has 5 heteroatoms. The second-order valence-electron chi connectivity index (χ2n) is 3.81. The number of carboxylic acids is 1. The van der Waals surface area contributed by atoms with Gasteiger partial charge in [0.05, 0.1) is 11.3 Å². The van der Waals surface area contributed by atoms with Gasteiger partial charge in [-0.1, -0.05) is 0 Å². The molecule has 1 aromatic heterocycles. The van der Waals surface area contributed by atoms with E-state index in [0.29, 0.717) is 17.2 Å². The van der Waals surface area contributed by atoms with Crippen LogP contribution in [0.3, 0.4) is 0 Å². The molecule has 0 unspecified atom stereocenters. The first kappa shape index (κ1) is 10.6. The fourth-order valence-corrected chi connectivity index (χ4v) is 1.75. The second kappa shape index (κ2) is 4.03. The first-order valence-electron chi connectivity index (χ1n) is 5.33. The van der Waals surface area contributed by atoms with Crippen LogP contribution in [0.1, 0.15) is 10.4 Å². The minimum Gasteiger partial charge on any atom is -0.478 e. The molecule has 0 saturated heterocycles. The van der Waals surface area contributed by atoms with Crippen molar-refractivity contribution in [3.05, 3.63) is 42.1 Å². The number of carboxylic acid groups (broad SMARTS) is 1. The number of fused-ring (bicyclic) bond motifs is 1. The highest BCUT2D eigenvalue weighted by atomic mass is 16.7. The predicted molar refractivity (Wildman–Crippen MR) is 62.8 cm³/mol. The first-order chi connectivity index (χ1) is 8.74. The van der Waals surface area contributed by atoms with E-state index in [4.69, 9.17) is 14.6 Å². The molecule has 0 amide bonds. The monoisotopic (exact) mass is 243 g/mol. The van der Waals surface area contributed by atoms with Crippen LogP contribution in [0.4, 0.5) is 0 Å². The van der Waals surface area contributed by atoms with E-state index >= 15 is 0 Å². The third-order valence-corrected chi connectivity index (χ3v) is 2.68. The Morgan fingerprint density at radius 1 is 1.17 bits per heavy atom. The highest BCUT2D eigenvalue weighted by Gasteiger charge is 2.14. The van der Waals surface area contributed by atoms with Gasteiger partial charge in [0.1, 0.15) is 0 Å². The highest BCUT2D eigenvalue weighted by Crippen LogP contribution is 2.35. The average molecular weight is 243 g/mol.